The molecule has 0 unspecified atom stereocenters. The van der Waals surface area contributed by atoms with Gasteiger partial charge in [-0.25, -0.2) is 8.42 Å². The van der Waals surface area contributed by atoms with Gasteiger partial charge in [0.1, 0.15) is 12.6 Å². The van der Waals surface area contributed by atoms with Crippen LogP contribution in [-0.4, -0.2) is 43.8 Å². The molecule has 236 valence electrons. The third kappa shape index (κ3) is 8.53. The highest BCUT2D eigenvalue weighted by Gasteiger charge is 2.35. The lowest BCUT2D eigenvalue weighted by Crippen LogP contribution is -2.54. The van der Waals surface area contributed by atoms with E-state index >= 15 is 0 Å². The summed E-state index contributed by atoms with van der Waals surface area (Å²) >= 11 is 6.56. The van der Waals surface area contributed by atoms with E-state index in [9.17, 15) is 18.0 Å². The molecule has 0 aliphatic heterocycles. The third-order valence-corrected chi connectivity index (χ3v) is 9.65. The number of rotatable bonds is 12. The fraction of sp³-hybridized carbons (Fsp3) is 0.278. The van der Waals surface area contributed by atoms with Gasteiger partial charge in [-0.1, -0.05) is 95.5 Å². The molecule has 0 saturated carbocycles. The first kappa shape index (κ1) is 33.7. The summed E-state index contributed by atoms with van der Waals surface area (Å²) in [6, 6.07) is 27.4. The largest absolute Gasteiger partial charge is 0.352 e. The van der Waals surface area contributed by atoms with Crippen molar-refractivity contribution in [3.05, 3.63) is 130 Å². The van der Waals surface area contributed by atoms with Crippen LogP contribution < -0.4 is 9.62 Å². The van der Waals surface area contributed by atoms with Crippen molar-refractivity contribution in [3.8, 4) is 0 Å². The SMILES string of the molecule is Cc1ccc(S(=O)(=O)N(CC(=O)N(Cc2ccccc2Cl)[C@@H](Cc2ccccc2)C(=O)NC(C)C)c2ccc(C)cc2C)cc1. The number of sulfonamides is 1. The minimum Gasteiger partial charge on any atom is -0.352 e. The number of carbonyl (C=O) groups excluding carboxylic acids is 2. The van der Waals surface area contributed by atoms with Gasteiger partial charge < -0.3 is 10.2 Å². The van der Waals surface area contributed by atoms with E-state index < -0.39 is 28.5 Å². The van der Waals surface area contributed by atoms with E-state index in [1.165, 1.54) is 4.90 Å². The molecule has 2 amide bonds. The van der Waals surface area contributed by atoms with Crippen LogP contribution in [0.1, 0.15) is 41.7 Å². The molecule has 0 radical (unpaired) electrons. The molecule has 0 fully saturated rings. The van der Waals surface area contributed by atoms with E-state index in [-0.39, 0.29) is 29.8 Å². The normalized spacial score (nSPS) is 12.1. The molecule has 0 aliphatic rings. The van der Waals surface area contributed by atoms with Gasteiger partial charge in [-0.2, -0.15) is 0 Å². The summed E-state index contributed by atoms with van der Waals surface area (Å²) in [5.74, 6) is -0.876. The van der Waals surface area contributed by atoms with Gasteiger partial charge in [0.15, 0.2) is 0 Å². The summed E-state index contributed by atoms with van der Waals surface area (Å²) in [4.78, 5) is 29.9. The molecule has 0 spiro atoms. The van der Waals surface area contributed by atoms with Gasteiger partial charge in [-0.05, 0) is 75.6 Å². The van der Waals surface area contributed by atoms with Crippen molar-refractivity contribution in [2.45, 2.75) is 64.6 Å². The fourth-order valence-electron chi connectivity index (χ4n) is 5.18. The number of nitrogens with zero attached hydrogens (tertiary/aromatic N) is 2. The fourth-order valence-corrected chi connectivity index (χ4v) is 6.86. The summed E-state index contributed by atoms with van der Waals surface area (Å²) in [6.07, 6.45) is 0.226. The van der Waals surface area contributed by atoms with Crippen molar-refractivity contribution >= 4 is 39.1 Å². The minimum atomic E-state index is -4.18. The smallest absolute Gasteiger partial charge is 0.264 e. The molecule has 9 heteroatoms. The molecule has 0 aromatic heterocycles. The van der Waals surface area contributed by atoms with Crippen molar-refractivity contribution in [2.75, 3.05) is 10.8 Å². The number of nitrogens with one attached hydrogen (secondary N) is 1. The Morgan fingerprint density at radius 1 is 0.822 bits per heavy atom. The van der Waals surface area contributed by atoms with Gasteiger partial charge >= 0.3 is 0 Å². The van der Waals surface area contributed by atoms with Crippen LogP contribution in [0.5, 0.6) is 0 Å². The van der Waals surface area contributed by atoms with Crippen LogP contribution in [0.2, 0.25) is 5.02 Å². The number of hydrogen-bond acceptors (Lipinski definition) is 4. The van der Waals surface area contributed by atoms with Crippen molar-refractivity contribution in [1.29, 1.82) is 0 Å². The molecule has 0 aliphatic carbocycles. The second kappa shape index (κ2) is 14.8. The highest BCUT2D eigenvalue weighted by atomic mass is 35.5. The first-order chi connectivity index (χ1) is 21.4. The zero-order valence-electron chi connectivity index (χ0n) is 26.3. The standard InChI is InChI=1S/C36H40ClN3O4S/c1-25(2)38-36(42)34(22-29-11-7-6-8-12-29)39(23-30-13-9-10-14-32(30)37)35(41)24-40(33-20-17-27(4)21-28(33)5)45(43,44)31-18-15-26(3)16-19-31/h6-21,25,34H,22-24H2,1-5H3,(H,38,42)/t34-/m0/s1. The van der Waals surface area contributed by atoms with Crippen LogP contribution in [0.3, 0.4) is 0 Å². The number of amides is 2. The third-order valence-electron chi connectivity index (χ3n) is 7.51. The molecule has 0 heterocycles. The van der Waals surface area contributed by atoms with Crippen molar-refractivity contribution in [3.63, 3.8) is 0 Å². The van der Waals surface area contributed by atoms with Crippen LogP contribution >= 0.6 is 11.6 Å². The Morgan fingerprint density at radius 2 is 1.44 bits per heavy atom. The molecule has 45 heavy (non-hydrogen) atoms. The first-order valence-electron chi connectivity index (χ1n) is 14.9. The Bertz CT molecular complexity index is 1740. The number of hydrogen-bond donors (Lipinski definition) is 1. The van der Waals surface area contributed by atoms with Crippen LogP contribution in [0.25, 0.3) is 0 Å². The maximum Gasteiger partial charge on any atom is 0.264 e. The van der Waals surface area contributed by atoms with Gasteiger partial charge in [-0.3, -0.25) is 13.9 Å². The Morgan fingerprint density at radius 3 is 2.07 bits per heavy atom. The number of anilines is 1. The number of benzene rings is 4. The van der Waals surface area contributed by atoms with E-state index in [2.05, 4.69) is 5.32 Å². The highest BCUT2D eigenvalue weighted by Crippen LogP contribution is 2.29. The van der Waals surface area contributed by atoms with E-state index in [1.807, 2.05) is 83.1 Å². The van der Waals surface area contributed by atoms with Gasteiger partial charge in [0.2, 0.25) is 11.8 Å². The monoisotopic (exact) mass is 645 g/mol. The molecule has 0 saturated heterocycles. The summed E-state index contributed by atoms with van der Waals surface area (Å²) < 4.78 is 29.6. The maximum absolute atomic E-state index is 14.6. The second-order valence-electron chi connectivity index (χ2n) is 11.6. The van der Waals surface area contributed by atoms with Gasteiger partial charge in [-0.15, -0.1) is 0 Å². The predicted molar refractivity (Wildman–Crippen MR) is 181 cm³/mol. The zero-order valence-corrected chi connectivity index (χ0v) is 27.9. The summed E-state index contributed by atoms with van der Waals surface area (Å²) in [6.45, 7) is 8.82. The highest BCUT2D eigenvalue weighted by molar-refractivity contribution is 7.92. The van der Waals surface area contributed by atoms with Crippen molar-refractivity contribution < 1.29 is 18.0 Å². The Kier molecular flexibility index (Phi) is 11.1. The molecule has 0 bridgehead atoms. The average Bonchev–Trinajstić information content (AvgIpc) is 2.99. The Labute approximate surface area is 271 Å². The first-order valence-corrected chi connectivity index (χ1v) is 16.7. The molecular weight excluding hydrogens is 606 g/mol. The average molecular weight is 646 g/mol. The second-order valence-corrected chi connectivity index (χ2v) is 13.9. The van der Waals surface area contributed by atoms with Crippen molar-refractivity contribution in [1.82, 2.24) is 10.2 Å². The molecule has 1 atom stereocenters. The van der Waals surface area contributed by atoms with Crippen molar-refractivity contribution in [2.24, 2.45) is 0 Å². The van der Waals surface area contributed by atoms with Gasteiger partial charge in [0.05, 0.1) is 10.6 Å². The van der Waals surface area contributed by atoms with Crippen LogP contribution in [-0.2, 0) is 32.6 Å². The molecule has 4 rings (SSSR count). The Balaban J connectivity index is 1.84. The predicted octanol–water partition coefficient (Wildman–Crippen LogP) is 6.63. The molecule has 7 nitrogen and oxygen atoms in total. The summed E-state index contributed by atoms with van der Waals surface area (Å²) in [5.41, 5.74) is 4.46. The Hall–Kier alpha value is -4.14. The summed E-state index contributed by atoms with van der Waals surface area (Å²) in [7, 11) is -4.18. The number of carbonyl (C=O) groups is 2. The molecule has 4 aromatic carbocycles. The number of halogens is 1. The van der Waals surface area contributed by atoms with Crippen LogP contribution in [0, 0.1) is 20.8 Å². The quantitative estimate of drug-likeness (QED) is 0.188. The van der Waals surface area contributed by atoms with Crippen LogP contribution in [0.15, 0.2) is 102 Å². The topological polar surface area (TPSA) is 86.8 Å². The van der Waals surface area contributed by atoms with E-state index in [0.29, 0.717) is 21.8 Å². The van der Waals surface area contributed by atoms with Crippen LogP contribution in [0.4, 0.5) is 5.69 Å². The lowest BCUT2D eigenvalue weighted by molar-refractivity contribution is -0.140. The lowest BCUT2D eigenvalue weighted by atomic mass is 10.0. The molecular formula is C36H40ClN3O4S. The maximum atomic E-state index is 14.6. The van der Waals surface area contributed by atoms with Gasteiger partial charge in [0, 0.05) is 24.0 Å². The van der Waals surface area contributed by atoms with E-state index in [4.69, 9.17) is 11.6 Å². The molecule has 1 N–H and O–H groups in total. The minimum absolute atomic E-state index is 0.00677. The lowest BCUT2D eigenvalue weighted by Gasteiger charge is -2.34. The van der Waals surface area contributed by atoms with E-state index in [1.54, 1.807) is 48.5 Å². The number of aryl methyl sites for hydroxylation is 3. The zero-order chi connectivity index (χ0) is 32.7. The molecule has 4 aromatic rings. The summed E-state index contributed by atoms with van der Waals surface area (Å²) in [5, 5.41) is 3.40. The van der Waals surface area contributed by atoms with E-state index in [0.717, 1.165) is 21.0 Å². The van der Waals surface area contributed by atoms with Gasteiger partial charge in [0.25, 0.3) is 10.0 Å².